The fourth-order valence-electron chi connectivity index (χ4n) is 6.89. The van der Waals surface area contributed by atoms with Gasteiger partial charge in [0.05, 0.1) is 19.8 Å². The van der Waals surface area contributed by atoms with Gasteiger partial charge in [-0.25, -0.2) is 13.6 Å². The van der Waals surface area contributed by atoms with Crippen LogP contribution in [0.25, 0.3) is 11.1 Å². The van der Waals surface area contributed by atoms with Crippen LogP contribution in [-0.4, -0.2) is 54.6 Å². The Bertz CT molecular complexity index is 1730. The molecule has 0 aliphatic heterocycles. The molecule has 1 N–H and O–H groups in total. The van der Waals surface area contributed by atoms with Gasteiger partial charge in [-0.15, -0.1) is 0 Å². The first-order valence-electron chi connectivity index (χ1n) is 17.6. The summed E-state index contributed by atoms with van der Waals surface area (Å²) in [6, 6.07) is 26.8. The van der Waals surface area contributed by atoms with E-state index in [0.717, 1.165) is 60.5 Å². The maximum absolute atomic E-state index is 14.3. The van der Waals surface area contributed by atoms with E-state index in [1.165, 1.54) is 24.8 Å². The number of esters is 1. The zero-order chi connectivity index (χ0) is 36.2. The predicted octanol–water partition coefficient (Wildman–Crippen LogP) is 8.74. The molecule has 5 rings (SSSR count). The van der Waals surface area contributed by atoms with Gasteiger partial charge in [0, 0.05) is 31.3 Å². The second-order valence-electron chi connectivity index (χ2n) is 13.4. The number of carbonyl (C=O) groups is 2. The number of halogens is 2. The number of nitrogens with zero attached hydrogens (tertiary/aromatic N) is 1. The molecule has 4 aromatic rings. The molecule has 270 valence electrons. The number of hydrogen-bond acceptors (Lipinski definition) is 6. The van der Waals surface area contributed by atoms with Crippen molar-refractivity contribution in [3.63, 3.8) is 0 Å². The molecule has 6 nitrogen and oxygen atoms in total. The third-order valence-corrected chi connectivity index (χ3v) is 10.2. The van der Waals surface area contributed by atoms with Gasteiger partial charge in [-0.1, -0.05) is 60.7 Å². The lowest BCUT2D eigenvalue weighted by Gasteiger charge is -2.33. The zero-order valence-electron chi connectivity index (χ0n) is 29.7. The van der Waals surface area contributed by atoms with Gasteiger partial charge in [-0.3, -0.25) is 9.69 Å². The van der Waals surface area contributed by atoms with E-state index in [9.17, 15) is 18.4 Å². The lowest BCUT2D eigenvalue weighted by atomic mass is 9.86. The summed E-state index contributed by atoms with van der Waals surface area (Å²) in [6.07, 6.45) is 6.54. The molecule has 0 aromatic heterocycles. The lowest BCUT2D eigenvalue weighted by molar-refractivity contribution is -0.142. The first-order chi connectivity index (χ1) is 24.7. The maximum Gasteiger partial charge on any atom is 0.328 e. The molecule has 4 aromatic carbocycles. The van der Waals surface area contributed by atoms with E-state index in [4.69, 9.17) is 9.47 Å². The van der Waals surface area contributed by atoms with Crippen LogP contribution in [0.5, 0.6) is 0 Å². The maximum atomic E-state index is 14.3. The molecule has 0 bridgehead atoms. The van der Waals surface area contributed by atoms with Crippen molar-refractivity contribution in [3.05, 3.63) is 130 Å². The molecule has 51 heavy (non-hydrogen) atoms. The number of thioether (sulfide) groups is 1. The number of methoxy groups -OCH3 is 1. The van der Waals surface area contributed by atoms with Crippen molar-refractivity contribution in [1.82, 2.24) is 10.2 Å². The minimum atomic E-state index is -0.764. The highest BCUT2D eigenvalue weighted by Crippen LogP contribution is 2.31. The fourth-order valence-corrected chi connectivity index (χ4v) is 7.36. The van der Waals surface area contributed by atoms with Crippen LogP contribution in [0.15, 0.2) is 91.0 Å². The summed E-state index contributed by atoms with van der Waals surface area (Å²) in [5.74, 6) is -0.932. The summed E-state index contributed by atoms with van der Waals surface area (Å²) in [4.78, 5) is 28.6. The average molecular weight is 715 g/mol. The highest BCUT2D eigenvalue weighted by atomic mass is 32.2. The molecule has 9 heteroatoms. The molecule has 0 radical (unpaired) electrons. The Morgan fingerprint density at radius 3 is 2.22 bits per heavy atom. The number of ether oxygens (including phenoxy) is 2. The number of benzene rings is 4. The molecule has 0 saturated heterocycles. The van der Waals surface area contributed by atoms with Gasteiger partial charge in [0.25, 0.3) is 5.91 Å². The van der Waals surface area contributed by atoms with Crippen LogP contribution in [0.2, 0.25) is 0 Å². The van der Waals surface area contributed by atoms with E-state index in [1.54, 1.807) is 11.8 Å². The van der Waals surface area contributed by atoms with Gasteiger partial charge in [-0.2, -0.15) is 11.8 Å². The van der Waals surface area contributed by atoms with Crippen molar-refractivity contribution < 1.29 is 27.8 Å². The molecule has 1 aliphatic rings. The molecule has 1 aliphatic carbocycles. The Hall–Kier alpha value is -4.05. The minimum Gasteiger partial charge on any atom is -0.467 e. The Balaban J connectivity index is 1.37. The minimum absolute atomic E-state index is 0.210. The average Bonchev–Trinajstić information content (AvgIpc) is 3.12. The largest absolute Gasteiger partial charge is 0.467 e. The lowest BCUT2D eigenvalue weighted by Crippen LogP contribution is -2.42. The van der Waals surface area contributed by atoms with Gasteiger partial charge in [-0.05, 0) is 115 Å². The standard InChI is InChI=1S/C42H48F2N2O4S/c1-29-9-7-8-12-37(29)39-23-32(15-18-38(39)41(47)45-40(19-20-51-3)42(48)49-2)26-46(27-33-21-34(43)24-35(44)22-33)25-30-13-16-36(17-14-30)50-28-31-10-5-4-6-11-31/h4-12,15,18,21-24,30,36,40H,13-14,16-17,19-20,25-28H2,1-3H3,(H,45,47)/t30?,36?,40-/m0/s1. The van der Waals surface area contributed by atoms with Gasteiger partial charge in [0.15, 0.2) is 0 Å². The first-order valence-corrected chi connectivity index (χ1v) is 19.0. The molecule has 1 fully saturated rings. The third-order valence-electron chi connectivity index (χ3n) is 9.54. The van der Waals surface area contributed by atoms with Gasteiger partial charge < -0.3 is 14.8 Å². The predicted molar refractivity (Wildman–Crippen MR) is 200 cm³/mol. The van der Waals surface area contributed by atoms with Crippen LogP contribution < -0.4 is 5.32 Å². The first kappa shape index (κ1) is 38.2. The van der Waals surface area contributed by atoms with Crippen molar-refractivity contribution in [3.8, 4) is 11.1 Å². The zero-order valence-corrected chi connectivity index (χ0v) is 30.5. The number of aryl methyl sites for hydroxylation is 1. The van der Waals surface area contributed by atoms with Gasteiger partial charge >= 0.3 is 5.97 Å². The smallest absolute Gasteiger partial charge is 0.328 e. The van der Waals surface area contributed by atoms with E-state index in [-0.39, 0.29) is 12.0 Å². The molecular formula is C42H48F2N2O4S. The summed E-state index contributed by atoms with van der Waals surface area (Å²) >= 11 is 1.59. The summed E-state index contributed by atoms with van der Waals surface area (Å²) < 4.78 is 39.8. The number of nitrogens with one attached hydrogen (secondary N) is 1. The van der Waals surface area contributed by atoms with E-state index >= 15 is 0 Å². The van der Waals surface area contributed by atoms with Crippen molar-refractivity contribution >= 4 is 23.6 Å². The fraction of sp³-hybridized carbons (Fsp3) is 0.381. The monoisotopic (exact) mass is 714 g/mol. The van der Waals surface area contributed by atoms with Crippen LogP contribution in [-0.2, 0) is 34.0 Å². The number of hydrogen-bond donors (Lipinski definition) is 1. The summed E-state index contributed by atoms with van der Waals surface area (Å²) in [5.41, 5.74) is 5.84. The summed E-state index contributed by atoms with van der Waals surface area (Å²) in [5, 5.41) is 2.91. The highest BCUT2D eigenvalue weighted by Gasteiger charge is 2.26. The SMILES string of the molecule is COC(=O)[C@H](CCSC)NC(=O)c1ccc(CN(Cc2cc(F)cc(F)c2)CC2CCC(OCc3ccccc3)CC2)cc1-c1ccccc1C. The van der Waals surface area contributed by atoms with Crippen molar-refractivity contribution in [1.29, 1.82) is 0 Å². The van der Waals surface area contributed by atoms with Crippen LogP contribution >= 0.6 is 11.8 Å². The van der Waals surface area contributed by atoms with Crippen LogP contribution in [0, 0.1) is 24.5 Å². The molecule has 0 heterocycles. The second kappa shape index (κ2) is 19.0. The van der Waals surface area contributed by atoms with Crippen LogP contribution in [0.3, 0.4) is 0 Å². The molecule has 1 atom stereocenters. The Morgan fingerprint density at radius 2 is 1.53 bits per heavy atom. The Labute approximate surface area is 304 Å². The van der Waals surface area contributed by atoms with E-state index < -0.39 is 23.6 Å². The number of carbonyl (C=O) groups excluding carboxylic acids is 2. The molecule has 0 spiro atoms. The summed E-state index contributed by atoms with van der Waals surface area (Å²) in [6.45, 7) is 4.25. The van der Waals surface area contributed by atoms with Crippen molar-refractivity contribution in [2.24, 2.45) is 5.92 Å². The highest BCUT2D eigenvalue weighted by molar-refractivity contribution is 7.98. The van der Waals surface area contributed by atoms with Crippen molar-refractivity contribution in [2.75, 3.05) is 25.7 Å². The van der Waals surface area contributed by atoms with Crippen LogP contribution in [0.1, 0.15) is 64.7 Å². The van der Waals surface area contributed by atoms with E-state index in [2.05, 4.69) is 22.3 Å². The Morgan fingerprint density at radius 1 is 0.843 bits per heavy atom. The third kappa shape index (κ3) is 11.2. The van der Waals surface area contributed by atoms with Crippen molar-refractivity contribution in [2.45, 2.75) is 70.9 Å². The Kier molecular flexibility index (Phi) is 14.2. The quantitative estimate of drug-likeness (QED) is 0.117. The van der Waals surface area contributed by atoms with Gasteiger partial charge in [0.1, 0.15) is 17.7 Å². The van der Waals surface area contributed by atoms with Gasteiger partial charge in [0.2, 0.25) is 0 Å². The molecule has 0 unspecified atom stereocenters. The van der Waals surface area contributed by atoms with E-state index in [1.807, 2.05) is 73.8 Å². The number of amides is 1. The topological polar surface area (TPSA) is 67.9 Å². The molecule has 1 saturated carbocycles. The summed E-state index contributed by atoms with van der Waals surface area (Å²) in [7, 11) is 1.32. The normalized spacial score (nSPS) is 16.5. The number of rotatable bonds is 16. The van der Waals surface area contributed by atoms with E-state index in [0.29, 0.717) is 48.9 Å². The second-order valence-corrected chi connectivity index (χ2v) is 14.4. The molecular weight excluding hydrogens is 667 g/mol. The molecule has 1 amide bonds. The van der Waals surface area contributed by atoms with Crippen LogP contribution in [0.4, 0.5) is 8.78 Å².